The van der Waals surface area contributed by atoms with Crippen LogP contribution in [0.3, 0.4) is 0 Å². The molecule has 0 heterocycles. The van der Waals surface area contributed by atoms with Crippen LogP contribution < -0.4 is 0 Å². The van der Waals surface area contributed by atoms with Crippen LogP contribution in [0.5, 0.6) is 0 Å². The van der Waals surface area contributed by atoms with Crippen molar-refractivity contribution in [3.63, 3.8) is 0 Å². The van der Waals surface area contributed by atoms with Crippen molar-refractivity contribution < 1.29 is 54.9 Å². The van der Waals surface area contributed by atoms with Gasteiger partial charge in [-0.3, -0.25) is 0 Å². The van der Waals surface area contributed by atoms with Crippen molar-refractivity contribution in [2.24, 2.45) is 0 Å². The van der Waals surface area contributed by atoms with Crippen LogP contribution in [-0.2, 0) is 19.2 Å². The van der Waals surface area contributed by atoms with Crippen LogP contribution in [0.1, 0.15) is 20.3 Å². The molecule has 0 amide bonds. The summed E-state index contributed by atoms with van der Waals surface area (Å²) >= 11 is 0. The Morgan fingerprint density at radius 2 is 0.889 bits per heavy atom. The molecular weight excluding hydrogens is 368 g/mol. The van der Waals surface area contributed by atoms with Crippen molar-refractivity contribution in [3.8, 4) is 0 Å². The van der Waals surface area contributed by atoms with E-state index in [0.717, 1.165) is 18.2 Å². The number of hydrogen-bond acceptors (Lipinski definition) is 7. The smallest absolute Gasteiger partial charge is 0.330 e. The molecule has 0 rings (SSSR count). The third-order valence-electron chi connectivity index (χ3n) is 1.36. The van der Waals surface area contributed by atoms with Gasteiger partial charge in [0.1, 0.15) is 0 Å². The first-order valence-electron chi connectivity index (χ1n) is 6.64. The predicted molar refractivity (Wildman–Crippen MR) is 95.6 cm³/mol. The molecule has 0 aliphatic heterocycles. The molecule has 0 spiro atoms. The van der Waals surface area contributed by atoms with Crippen molar-refractivity contribution in [1.82, 2.24) is 0 Å². The third-order valence-corrected chi connectivity index (χ3v) is 1.36. The molecule has 0 unspecified atom stereocenters. The monoisotopic (exact) mass is 394 g/mol. The summed E-state index contributed by atoms with van der Waals surface area (Å²) in [5.41, 5.74) is 0.176. The summed E-state index contributed by atoms with van der Waals surface area (Å²) in [4.78, 5) is 37.3. The Labute approximate surface area is 156 Å². The number of rotatable bonds is 5. The van der Waals surface area contributed by atoms with E-state index in [9.17, 15) is 19.2 Å². The maximum Gasteiger partial charge on any atom is 0.330 e. The lowest BCUT2D eigenvalue weighted by atomic mass is 10.4. The lowest BCUT2D eigenvalue weighted by molar-refractivity contribution is -0.312. The van der Waals surface area contributed by atoms with E-state index in [1.807, 2.05) is 0 Å². The van der Waals surface area contributed by atoms with E-state index < -0.39 is 29.9 Å². The summed E-state index contributed by atoms with van der Waals surface area (Å²) in [7, 11) is 0. The van der Waals surface area contributed by atoms with E-state index in [2.05, 4.69) is 26.3 Å². The molecule has 0 aliphatic carbocycles. The average Bonchev–Trinajstić information content (AvgIpc) is 2.56. The van der Waals surface area contributed by atoms with Crippen molar-refractivity contribution in [3.05, 3.63) is 50.1 Å². The van der Waals surface area contributed by atoms with Gasteiger partial charge in [0, 0.05) is 30.2 Å². The molecule has 0 aromatic rings. The highest BCUT2D eigenvalue weighted by Crippen LogP contribution is 1.95. The molecule has 0 aromatic carbocycles. The van der Waals surface area contributed by atoms with Crippen LogP contribution in [0.15, 0.2) is 50.1 Å². The van der Waals surface area contributed by atoms with Gasteiger partial charge in [0.15, 0.2) is 0 Å². The van der Waals surface area contributed by atoms with Crippen LogP contribution in [-0.4, -0.2) is 65.6 Å². The van der Waals surface area contributed by atoms with Gasteiger partial charge in [0.05, 0.1) is 0 Å². The molecule has 156 valence electrons. The van der Waals surface area contributed by atoms with E-state index >= 15 is 0 Å². The SMILES string of the molecule is C=C(C)C(=O)O.C=CC(=O)O.C=CC(=O)O.C=CC(=O)O.CCC(O)(O)O. The van der Waals surface area contributed by atoms with Crippen molar-refractivity contribution >= 4 is 23.9 Å². The molecule has 0 aromatic heterocycles. The normalized spacial score (nSPS) is 7.89. The molecule has 0 fully saturated rings. The van der Waals surface area contributed by atoms with Crippen molar-refractivity contribution in [2.45, 2.75) is 26.2 Å². The van der Waals surface area contributed by atoms with Gasteiger partial charge >= 0.3 is 23.9 Å². The number of carboxylic acid groups (broad SMARTS) is 4. The molecule has 0 saturated carbocycles. The Morgan fingerprint density at radius 3 is 0.889 bits per heavy atom. The highest BCUT2D eigenvalue weighted by atomic mass is 16.7. The van der Waals surface area contributed by atoms with E-state index in [1.165, 1.54) is 13.8 Å². The second-order valence-electron chi connectivity index (χ2n) is 3.84. The quantitative estimate of drug-likeness (QED) is 0.251. The standard InChI is InChI=1S/C4H6O2.C3H8O3.3C3H4O2/c1-3(2)4(5)6;1-2-3(4,5)6;3*1-2-3(4)5/h1H2,2H3,(H,5,6);4-6H,2H2,1H3;3*2H,1H2,(H,4,5). The molecule has 27 heavy (non-hydrogen) atoms. The maximum atomic E-state index is 9.60. The molecule has 0 bridgehead atoms. The molecule has 0 saturated heterocycles. The zero-order valence-electron chi connectivity index (χ0n) is 15.0. The van der Waals surface area contributed by atoms with Gasteiger partial charge in [-0.05, 0) is 6.92 Å². The summed E-state index contributed by atoms with van der Waals surface area (Å²) in [6.07, 6.45) is 2.44. The predicted octanol–water partition coefficient (Wildman–Crippen LogP) is 0.445. The summed E-state index contributed by atoms with van der Waals surface area (Å²) < 4.78 is 0. The Bertz CT molecular complexity index is 444. The number of aliphatic hydroxyl groups is 3. The van der Waals surface area contributed by atoms with E-state index in [-0.39, 0.29) is 12.0 Å². The van der Waals surface area contributed by atoms with Crippen molar-refractivity contribution in [2.75, 3.05) is 0 Å². The highest BCUT2D eigenvalue weighted by molar-refractivity contribution is 5.84. The third kappa shape index (κ3) is 103. The molecule has 11 heteroatoms. The first-order chi connectivity index (χ1) is 12.0. The topological polar surface area (TPSA) is 210 Å². The first kappa shape index (κ1) is 34.9. The van der Waals surface area contributed by atoms with Crippen LogP contribution >= 0.6 is 0 Å². The van der Waals surface area contributed by atoms with Crippen LogP contribution in [0, 0.1) is 0 Å². The van der Waals surface area contributed by atoms with Gasteiger partial charge < -0.3 is 35.7 Å². The second kappa shape index (κ2) is 22.7. The second-order valence-corrected chi connectivity index (χ2v) is 3.84. The molecule has 7 N–H and O–H groups in total. The molecule has 0 atom stereocenters. The molecular formula is C16H26O11. The lowest BCUT2D eigenvalue weighted by Gasteiger charge is -2.08. The Morgan fingerprint density at radius 1 is 0.778 bits per heavy atom. The zero-order valence-corrected chi connectivity index (χ0v) is 15.0. The first-order valence-corrected chi connectivity index (χ1v) is 6.64. The largest absolute Gasteiger partial charge is 0.478 e. The Hall–Kier alpha value is -3.28. The number of hydrogen-bond donors (Lipinski definition) is 7. The maximum absolute atomic E-state index is 9.60. The fraction of sp³-hybridized carbons (Fsp3) is 0.250. The zero-order chi connectivity index (χ0) is 23.2. The summed E-state index contributed by atoms with van der Waals surface area (Å²) in [5.74, 6) is -6.34. The molecule has 0 aliphatic rings. The van der Waals surface area contributed by atoms with Gasteiger partial charge in [-0.15, -0.1) is 0 Å². The minimum Gasteiger partial charge on any atom is -0.478 e. The van der Waals surface area contributed by atoms with Crippen molar-refractivity contribution in [1.29, 1.82) is 0 Å². The summed E-state index contributed by atoms with van der Waals surface area (Å²) in [5, 5.41) is 54.5. The minimum absolute atomic E-state index is 0.0625. The lowest BCUT2D eigenvalue weighted by Crippen LogP contribution is -2.24. The number of carboxylic acids is 4. The average molecular weight is 394 g/mol. The fourth-order valence-electron chi connectivity index (χ4n) is 0. The van der Waals surface area contributed by atoms with Gasteiger partial charge in [0.2, 0.25) is 0 Å². The highest BCUT2D eigenvalue weighted by Gasteiger charge is 2.11. The number of carbonyl (C=O) groups is 4. The molecule has 11 nitrogen and oxygen atoms in total. The van der Waals surface area contributed by atoms with E-state index in [4.69, 9.17) is 35.7 Å². The molecule has 0 radical (unpaired) electrons. The number of aliphatic carboxylic acids is 4. The minimum atomic E-state index is -2.46. The summed E-state index contributed by atoms with van der Waals surface area (Å²) in [6, 6.07) is 0. The van der Waals surface area contributed by atoms with Crippen LogP contribution in [0.25, 0.3) is 0 Å². The Kier molecular flexibility index (Phi) is 29.4. The van der Waals surface area contributed by atoms with Gasteiger partial charge in [-0.1, -0.05) is 33.2 Å². The fourth-order valence-corrected chi connectivity index (χ4v) is 0. The van der Waals surface area contributed by atoms with Gasteiger partial charge in [-0.25, -0.2) is 19.2 Å². The van der Waals surface area contributed by atoms with E-state index in [0.29, 0.717) is 0 Å². The van der Waals surface area contributed by atoms with Gasteiger partial charge in [0.25, 0.3) is 5.97 Å². The Balaban J connectivity index is -0.0000000749. The van der Waals surface area contributed by atoms with Crippen LogP contribution in [0.4, 0.5) is 0 Å². The summed E-state index contributed by atoms with van der Waals surface area (Å²) in [6.45, 7) is 14.9. The van der Waals surface area contributed by atoms with Gasteiger partial charge in [-0.2, -0.15) is 0 Å². The van der Waals surface area contributed by atoms with E-state index in [1.54, 1.807) is 0 Å². The van der Waals surface area contributed by atoms with Crippen LogP contribution in [0.2, 0.25) is 0 Å².